The van der Waals surface area contributed by atoms with Crippen LogP contribution in [-0.2, 0) is 13.1 Å². The summed E-state index contributed by atoms with van der Waals surface area (Å²) in [6.45, 7) is 1.24. The third kappa shape index (κ3) is 3.22. The zero-order valence-corrected chi connectivity index (χ0v) is 16.4. The molecule has 8 nitrogen and oxygen atoms in total. The minimum atomic E-state index is -0.795. The zero-order valence-electron chi connectivity index (χ0n) is 16.4. The summed E-state index contributed by atoms with van der Waals surface area (Å²) >= 11 is 0. The minimum absolute atomic E-state index is 0.0863. The maximum absolute atomic E-state index is 13.8. The second-order valence-electron chi connectivity index (χ2n) is 8.11. The van der Waals surface area contributed by atoms with E-state index >= 15 is 0 Å². The van der Waals surface area contributed by atoms with Gasteiger partial charge in [-0.15, -0.1) is 0 Å². The Labute approximate surface area is 175 Å². The number of aliphatic hydroxyl groups is 1. The number of hydrogen-bond acceptors (Lipinski definition) is 5. The number of hydrogen-bond donors (Lipinski definition) is 2. The van der Waals surface area contributed by atoms with E-state index in [9.17, 15) is 28.3 Å². The Balaban J connectivity index is 1.38. The summed E-state index contributed by atoms with van der Waals surface area (Å²) in [4.78, 5) is 41.8. The fraction of sp³-hybridized carbons (Fsp3) is 0.381. The van der Waals surface area contributed by atoms with Crippen molar-refractivity contribution in [3.63, 3.8) is 0 Å². The summed E-state index contributed by atoms with van der Waals surface area (Å²) < 4.78 is 28.4. The summed E-state index contributed by atoms with van der Waals surface area (Å²) in [5.74, 6) is -2.54. The largest absolute Gasteiger partial charge is 0.391 e. The van der Waals surface area contributed by atoms with E-state index in [2.05, 4.69) is 10.2 Å². The van der Waals surface area contributed by atoms with Crippen LogP contribution < -0.4 is 10.7 Å². The molecule has 31 heavy (non-hydrogen) atoms. The van der Waals surface area contributed by atoms with Crippen LogP contribution >= 0.6 is 0 Å². The number of fused-ring (bicyclic) bond motifs is 4. The van der Waals surface area contributed by atoms with Gasteiger partial charge in [-0.05, 0) is 12.5 Å². The number of pyridine rings is 1. The van der Waals surface area contributed by atoms with Gasteiger partial charge < -0.3 is 19.9 Å². The number of carbonyl (C=O) groups is 2. The van der Waals surface area contributed by atoms with E-state index in [0.29, 0.717) is 26.1 Å². The van der Waals surface area contributed by atoms with Gasteiger partial charge in [0.15, 0.2) is 5.43 Å². The average Bonchev–Trinajstić information content (AvgIpc) is 3.28. The summed E-state index contributed by atoms with van der Waals surface area (Å²) in [6.07, 6.45) is 1.26. The van der Waals surface area contributed by atoms with E-state index in [1.807, 2.05) is 0 Å². The lowest BCUT2D eigenvalue weighted by Crippen LogP contribution is -2.50. The van der Waals surface area contributed by atoms with Crippen LogP contribution in [0.1, 0.15) is 32.8 Å². The summed E-state index contributed by atoms with van der Waals surface area (Å²) in [6, 6.07) is 4.05. The average molecular weight is 430 g/mol. The van der Waals surface area contributed by atoms with Crippen LogP contribution in [0.2, 0.25) is 0 Å². The molecule has 3 aliphatic rings. The van der Waals surface area contributed by atoms with E-state index in [4.69, 9.17) is 0 Å². The lowest BCUT2D eigenvalue weighted by atomic mass is 10.1. The molecule has 0 spiro atoms. The first-order chi connectivity index (χ1) is 14.8. The van der Waals surface area contributed by atoms with Gasteiger partial charge in [-0.2, -0.15) is 0 Å². The second kappa shape index (κ2) is 7.24. The standard InChI is InChI=1S/C21H20F2N4O4/c22-12-2-1-11(14(23)5-12)7-24-20(30)13-8-25-10-19-26-4-3-17(28)16(26)9-27(19)21(31)15(25)6-18(13)29/h1-2,5-6,8,16-17,19,28H,3-4,7,9-10H2,(H,24,30). The number of nitrogens with zero attached hydrogens (tertiary/aromatic N) is 3. The number of carbonyl (C=O) groups excluding carboxylic acids is 2. The highest BCUT2D eigenvalue weighted by Crippen LogP contribution is 2.33. The predicted octanol–water partition coefficient (Wildman–Crippen LogP) is 0.287. The molecule has 10 heteroatoms. The highest BCUT2D eigenvalue weighted by Gasteiger charge is 2.50. The van der Waals surface area contributed by atoms with E-state index in [1.54, 1.807) is 9.47 Å². The van der Waals surface area contributed by atoms with Gasteiger partial charge in [-0.25, -0.2) is 8.78 Å². The van der Waals surface area contributed by atoms with Crippen LogP contribution in [-0.4, -0.2) is 62.7 Å². The van der Waals surface area contributed by atoms with Crippen molar-refractivity contribution in [2.75, 3.05) is 13.1 Å². The van der Waals surface area contributed by atoms with Crippen molar-refractivity contribution >= 4 is 11.8 Å². The molecule has 4 heterocycles. The molecule has 0 aliphatic carbocycles. The molecule has 3 aliphatic heterocycles. The van der Waals surface area contributed by atoms with Gasteiger partial charge in [0.1, 0.15) is 29.1 Å². The first-order valence-corrected chi connectivity index (χ1v) is 10.0. The third-order valence-electron chi connectivity index (χ3n) is 6.35. The maximum atomic E-state index is 13.8. The highest BCUT2D eigenvalue weighted by molar-refractivity contribution is 5.97. The molecular weight excluding hydrogens is 410 g/mol. The molecule has 2 aromatic rings. The fourth-order valence-corrected chi connectivity index (χ4v) is 4.72. The first kappa shape index (κ1) is 19.8. The maximum Gasteiger partial charge on any atom is 0.271 e. The van der Waals surface area contributed by atoms with Crippen LogP contribution in [0.5, 0.6) is 0 Å². The summed E-state index contributed by atoms with van der Waals surface area (Å²) in [5.41, 5.74) is -0.500. The smallest absolute Gasteiger partial charge is 0.271 e. The Morgan fingerprint density at radius 1 is 1.19 bits per heavy atom. The Morgan fingerprint density at radius 2 is 2.00 bits per heavy atom. The van der Waals surface area contributed by atoms with Gasteiger partial charge >= 0.3 is 0 Å². The number of rotatable bonds is 3. The van der Waals surface area contributed by atoms with E-state index in [0.717, 1.165) is 18.2 Å². The lowest BCUT2D eigenvalue weighted by molar-refractivity contribution is 0.0518. The molecule has 5 rings (SSSR count). The molecule has 0 saturated carbocycles. The Hall–Kier alpha value is -3.11. The van der Waals surface area contributed by atoms with Gasteiger partial charge in [0.2, 0.25) is 0 Å². The van der Waals surface area contributed by atoms with Gasteiger partial charge in [-0.3, -0.25) is 19.3 Å². The van der Waals surface area contributed by atoms with E-state index in [1.165, 1.54) is 12.3 Å². The van der Waals surface area contributed by atoms with Crippen molar-refractivity contribution in [3.05, 3.63) is 69.1 Å². The molecule has 2 saturated heterocycles. The number of amides is 2. The second-order valence-corrected chi connectivity index (χ2v) is 8.11. The highest BCUT2D eigenvalue weighted by atomic mass is 19.1. The third-order valence-corrected chi connectivity index (χ3v) is 6.35. The Bertz CT molecular complexity index is 1150. The van der Waals surface area contributed by atoms with Gasteiger partial charge in [-0.1, -0.05) is 6.07 Å². The molecule has 2 N–H and O–H groups in total. The van der Waals surface area contributed by atoms with Crippen LogP contribution in [0.15, 0.2) is 35.3 Å². The monoisotopic (exact) mass is 430 g/mol. The Kier molecular flexibility index (Phi) is 4.63. The zero-order chi connectivity index (χ0) is 21.9. The summed E-state index contributed by atoms with van der Waals surface area (Å²) in [5, 5.41) is 12.6. The molecule has 0 radical (unpaired) electrons. The lowest BCUT2D eigenvalue weighted by Gasteiger charge is -2.35. The van der Waals surface area contributed by atoms with Gasteiger partial charge in [0.25, 0.3) is 11.8 Å². The van der Waals surface area contributed by atoms with Gasteiger partial charge in [0.05, 0.1) is 18.7 Å². The van der Waals surface area contributed by atoms with Crippen LogP contribution in [0.4, 0.5) is 8.78 Å². The molecule has 2 amide bonds. The number of aliphatic hydroxyl groups excluding tert-OH is 1. The van der Waals surface area contributed by atoms with Crippen molar-refractivity contribution in [2.45, 2.75) is 37.8 Å². The quantitative estimate of drug-likeness (QED) is 0.730. The van der Waals surface area contributed by atoms with Crippen LogP contribution in [0.3, 0.4) is 0 Å². The van der Waals surface area contributed by atoms with Crippen molar-refractivity contribution in [3.8, 4) is 0 Å². The number of halogens is 2. The van der Waals surface area contributed by atoms with E-state index < -0.39 is 29.1 Å². The SMILES string of the molecule is O=C(NCc1ccc(F)cc1F)c1cn2c(cc1=O)C(=O)N1CC3C(O)CCN3C1C2. The van der Waals surface area contributed by atoms with Crippen molar-refractivity contribution < 1.29 is 23.5 Å². The van der Waals surface area contributed by atoms with E-state index in [-0.39, 0.29) is 41.5 Å². The topological polar surface area (TPSA) is 94.9 Å². The molecule has 1 aromatic carbocycles. The number of nitrogens with one attached hydrogen (secondary N) is 1. The molecule has 162 valence electrons. The Morgan fingerprint density at radius 3 is 2.77 bits per heavy atom. The molecule has 0 bridgehead atoms. The van der Waals surface area contributed by atoms with Crippen molar-refractivity contribution in [2.24, 2.45) is 0 Å². The molecule has 3 unspecified atom stereocenters. The molecule has 1 aromatic heterocycles. The molecule has 3 atom stereocenters. The summed E-state index contributed by atoms with van der Waals surface area (Å²) in [7, 11) is 0. The number of benzene rings is 1. The fourth-order valence-electron chi connectivity index (χ4n) is 4.72. The van der Waals surface area contributed by atoms with Crippen molar-refractivity contribution in [1.29, 1.82) is 0 Å². The van der Waals surface area contributed by atoms with Crippen LogP contribution in [0.25, 0.3) is 0 Å². The minimum Gasteiger partial charge on any atom is -0.391 e. The first-order valence-electron chi connectivity index (χ1n) is 10.0. The van der Waals surface area contributed by atoms with Gasteiger partial charge in [0, 0.05) is 43.5 Å². The predicted molar refractivity (Wildman–Crippen MR) is 104 cm³/mol. The molecule has 2 fully saturated rings. The van der Waals surface area contributed by atoms with Crippen molar-refractivity contribution in [1.82, 2.24) is 19.7 Å². The molecular formula is C21H20F2N4O4. The normalized spacial score (nSPS) is 24.7. The van der Waals surface area contributed by atoms with Crippen LogP contribution in [0, 0.1) is 11.6 Å². The number of aromatic nitrogens is 1.